The molecule has 0 amide bonds. The standard InChI is InChI=1S/C8H16N2/c1-10(2)8-6-4-3-5-7(8)9/h3-4,7-8H,5-6,9H2,1-2H3. The zero-order valence-corrected chi connectivity index (χ0v) is 6.75. The van der Waals surface area contributed by atoms with Gasteiger partial charge in [-0.15, -0.1) is 0 Å². The van der Waals surface area contributed by atoms with Crippen LogP contribution in [0.3, 0.4) is 0 Å². The van der Waals surface area contributed by atoms with Crippen molar-refractivity contribution in [3.05, 3.63) is 12.2 Å². The topological polar surface area (TPSA) is 29.3 Å². The van der Waals surface area contributed by atoms with Crippen LogP contribution in [0, 0.1) is 0 Å². The maximum Gasteiger partial charge on any atom is 0.0278 e. The molecule has 2 nitrogen and oxygen atoms in total. The number of hydrogen-bond acceptors (Lipinski definition) is 2. The minimum absolute atomic E-state index is 0.333. The van der Waals surface area contributed by atoms with E-state index in [2.05, 4.69) is 31.1 Å². The molecule has 0 spiro atoms. The van der Waals surface area contributed by atoms with Crippen LogP contribution in [0.5, 0.6) is 0 Å². The van der Waals surface area contributed by atoms with Crippen LogP contribution in [0.4, 0.5) is 0 Å². The van der Waals surface area contributed by atoms with Gasteiger partial charge in [0, 0.05) is 12.1 Å². The van der Waals surface area contributed by atoms with Gasteiger partial charge in [0.2, 0.25) is 0 Å². The first-order valence-electron chi connectivity index (χ1n) is 3.79. The van der Waals surface area contributed by atoms with Gasteiger partial charge in [0.05, 0.1) is 0 Å². The van der Waals surface area contributed by atoms with Gasteiger partial charge in [0.25, 0.3) is 0 Å². The average Bonchev–Trinajstić information content (AvgIpc) is 1.88. The quantitative estimate of drug-likeness (QED) is 0.540. The molecule has 0 aliphatic heterocycles. The van der Waals surface area contributed by atoms with E-state index in [9.17, 15) is 0 Å². The summed E-state index contributed by atoms with van der Waals surface area (Å²) in [6.07, 6.45) is 6.52. The van der Waals surface area contributed by atoms with E-state index in [1.165, 1.54) is 0 Å². The highest BCUT2D eigenvalue weighted by molar-refractivity contribution is 4.99. The van der Waals surface area contributed by atoms with Crippen molar-refractivity contribution >= 4 is 0 Å². The highest BCUT2D eigenvalue weighted by Gasteiger charge is 2.19. The number of likely N-dealkylation sites (N-methyl/N-ethyl adjacent to an activating group) is 1. The first-order valence-corrected chi connectivity index (χ1v) is 3.79. The molecule has 58 valence electrons. The highest BCUT2D eigenvalue weighted by Crippen LogP contribution is 2.13. The van der Waals surface area contributed by atoms with Crippen LogP contribution in [0.1, 0.15) is 12.8 Å². The molecule has 1 rings (SSSR count). The van der Waals surface area contributed by atoms with Crippen LogP contribution in [0.15, 0.2) is 12.2 Å². The molecule has 2 unspecified atom stereocenters. The summed E-state index contributed by atoms with van der Waals surface area (Å²) in [6.45, 7) is 0. The summed E-state index contributed by atoms with van der Waals surface area (Å²) in [5.41, 5.74) is 5.89. The summed E-state index contributed by atoms with van der Waals surface area (Å²) in [4.78, 5) is 2.20. The molecule has 0 aromatic rings. The van der Waals surface area contributed by atoms with Gasteiger partial charge in [-0.2, -0.15) is 0 Å². The number of nitrogens with two attached hydrogens (primary N) is 1. The van der Waals surface area contributed by atoms with Crippen molar-refractivity contribution in [2.45, 2.75) is 24.9 Å². The van der Waals surface area contributed by atoms with Crippen molar-refractivity contribution < 1.29 is 0 Å². The van der Waals surface area contributed by atoms with Crippen molar-refractivity contribution in [1.29, 1.82) is 0 Å². The number of rotatable bonds is 1. The van der Waals surface area contributed by atoms with E-state index < -0.39 is 0 Å². The molecule has 1 aliphatic rings. The Morgan fingerprint density at radius 3 is 2.30 bits per heavy atom. The molecule has 0 aromatic heterocycles. The van der Waals surface area contributed by atoms with Crippen LogP contribution in [-0.2, 0) is 0 Å². The molecule has 0 heterocycles. The Balaban J connectivity index is 2.51. The van der Waals surface area contributed by atoms with Gasteiger partial charge in [0.1, 0.15) is 0 Å². The Hall–Kier alpha value is -0.340. The summed E-state index contributed by atoms with van der Waals surface area (Å²) in [5.74, 6) is 0. The van der Waals surface area contributed by atoms with Gasteiger partial charge in [-0.25, -0.2) is 0 Å². The van der Waals surface area contributed by atoms with E-state index in [1.807, 2.05) is 0 Å². The Bertz CT molecular complexity index is 129. The molecule has 0 aromatic carbocycles. The summed E-state index contributed by atoms with van der Waals surface area (Å²) in [6, 6.07) is 0.880. The number of nitrogens with zero attached hydrogens (tertiary/aromatic N) is 1. The van der Waals surface area contributed by atoms with Gasteiger partial charge in [-0.3, -0.25) is 0 Å². The molecule has 2 atom stereocenters. The Morgan fingerprint density at radius 1 is 1.30 bits per heavy atom. The Kier molecular flexibility index (Phi) is 2.46. The molecule has 0 radical (unpaired) electrons. The fraction of sp³-hybridized carbons (Fsp3) is 0.750. The lowest BCUT2D eigenvalue weighted by Gasteiger charge is -2.30. The van der Waals surface area contributed by atoms with E-state index in [0.717, 1.165) is 12.8 Å². The van der Waals surface area contributed by atoms with Crippen LogP contribution in [-0.4, -0.2) is 31.1 Å². The minimum Gasteiger partial charge on any atom is -0.326 e. The summed E-state index contributed by atoms with van der Waals surface area (Å²) >= 11 is 0. The zero-order chi connectivity index (χ0) is 7.56. The lowest BCUT2D eigenvalue weighted by atomic mass is 9.96. The third-order valence-electron chi connectivity index (χ3n) is 2.11. The second-order valence-electron chi connectivity index (χ2n) is 3.14. The first-order chi connectivity index (χ1) is 4.72. The third kappa shape index (κ3) is 1.58. The fourth-order valence-electron chi connectivity index (χ4n) is 1.41. The van der Waals surface area contributed by atoms with Gasteiger partial charge >= 0.3 is 0 Å². The molecule has 1 aliphatic carbocycles. The van der Waals surface area contributed by atoms with Crippen LogP contribution < -0.4 is 5.73 Å². The molecule has 2 heteroatoms. The summed E-state index contributed by atoms with van der Waals surface area (Å²) in [5, 5.41) is 0. The fourth-order valence-corrected chi connectivity index (χ4v) is 1.41. The van der Waals surface area contributed by atoms with Crippen molar-refractivity contribution in [3.63, 3.8) is 0 Å². The SMILES string of the molecule is CN(C)C1CC=CCC1N. The molecule has 10 heavy (non-hydrogen) atoms. The monoisotopic (exact) mass is 140 g/mol. The number of hydrogen-bond donors (Lipinski definition) is 1. The van der Waals surface area contributed by atoms with Gasteiger partial charge in [0.15, 0.2) is 0 Å². The normalized spacial score (nSPS) is 33.2. The van der Waals surface area contributed by atoms with Crippen LogP contribution >= 0.6 is 0 Å². The Labute approximate surface area is 62.7 Å². The van der Waals surface area contributed by atoms with Gasteiger partial charge in [-0.1, -0.05) is 12.2 Å². The van der Waals surface area contributed by atoms with Crippen molar-refractivity contribution in [2.24, 2.45) is 5.73 Å². The molecule has 0 bridgehead atoms. The predicted molar refractivity (Wildman–Crippen MR) is 43.8 cm³/mol. The average molecular weight is 140 g/mol. The summed E-state index contributed by atoms with van der Waals surface area (Å²) < 4.78 is 0. The van der Waals surface area contributed by atoms with Gasteiger partial charge in [-0.05, 0) is 26.9 Å². The molecule has 0 saturated carbocycles. The lowest BCUT2D eigenvalue weighted by Crippen LogP contribution is -2.44. The smallest absolute Gasteiger partial charge is 0.0278 e. The van der Waals surface area contributed by atoms with E-state index in [4.69, 9.17) is 5.73 Å². The van der Waals surface area contributed by atoms with E-state index in [-0.39, 0.29) is 0 Å². The molecular formula is C8H16N2. The van der Waals surface area contributed by atoms with Crippen LogP contribution in [0.25, 0.3) is 0 Å². The minimum atomic E-state index is 0.333. The van der Waals surface area contributed by atoms with Crippen molar-refractivity contribution in [2.75, 3.05) is 14.1 Å². The maximum atomic E-state index is 5.89. The van der Waals surface area contributed by atoms with E-state index in [0.29, 0.717) is 12.1 Å². The second-order valence-corrected chi connectivity index (χ2v) is 3.14. The Morgan fingerprint density at radius 2 is 1.90 bits per heavy atom. The molecular weight excluding hydrogens is 124 g/mol. The lowest BCUT2D eigenvalue weighted by molar-refractivity contribution is 0.248. The van der Waals surface area contributed by atoms with Crippen molar-refractivity contribution in [1.82, 2.24) is 4.90 Å². The largest absolute Gasteiger partial charge is 0.326 e. The first kappa shape index (κ1) is 7.76. The second kappa shape index (κ2) is 3.17. The predicted octanol–water partition coefficient (Wildman–Crippen LogP) is 0.594. The molecule has 0 fully saturated rings. The third-order valence-corrected chi connectivity index (χ3v) is 2.11. The van der Waals surface area contributed by atoms with Crippen LogP contribution in [0.2, 0.25) is 0 Å². The van der Waals surface area contributed by atoms with Crippen molar-refractivity contribution in [3.8, 4) is 0 Å². The van der Waals surface area contributed by atoms with E-state index >= 15 is 0 Å². The van der Waals surface area contributed by atoms with Gasteiger partial charge < -0.3 is 10.6 Å². The molecule has 2 N–H and O–H groups in total. The summed E-state index contributed by atoms with van der Waals surface area (Å²) in [7, 11) is 4.17. The maximum absolute atomic E-state index is 5.89. The molecule has 0 saturated heterocycles. The van der Waals surface area contributed by atoms with E-state index in [1.54, 1.807) is 0 Å². The highest BCUT2D eigenvalue weighted by atomic mass is 15.1. The zero-order valence-electron chi connectivity index (χ0n) is 6.75.